The molecule has 3 aromatic rings. The average molecular weight is 424 g/mol. The molecule has 0 aliphatic rings. The largest absolute Gasteiger partial charge is 0.480 e. The zero-order chi connectivity index (χ0) is 22.2. The molecule has 0 bridgehead atoms. The minimum absolute atomic E-state index is 0.183. The lowest BCUT2D eigenvalue weighted by Crippen LogP contribution is -2.47. The number of benzene rings is 2. The van der Waals surface area contributed by atoms with Crippen molar-refractivity contribution in [3.63, 3.8) is 0 Å². The number of amides is 1. The molecule has 0 radical (unpaired) electrons. The van der Waals surface area contributed by atoms with Crippen molar-refractivity contribution < 1.29 is 24.2 Å². The maximum atomic E-state index is 12.6. The van der Waals surface area contributed by atoms with Gasteiger partial charge in [0, 0.05) is 24.9 Å². The van der Waals surface area contributed by atoms with Crippen molar-refractivity contribution in [3.05, 3.63) is 66.2 Å². The Bertz CT molecular complexity index is 1050. The summed E-state index contributed by atoms with van der Waals surface area (Å²) in [6.07, 6.45) is 3.21. The summed E-state index contributed by atoms with van der Waals surface area (Å²) in [5, 5.41) is 14.0. The Labute approximate surface area is 179 Å². The molecule has 0 unspecified atom stereocenters. The van der Waals surface area contributed by atoms with Crippen LogP contribution in [0.4, 0.5) is 0 Å². The molecule has 0 saturated carbocycles. The minimum atomic E-state index is -1.05. The van der Waals surface area contributed by atoms with Gasteiger partial charge in [0.1, 0.15) is 6.04 Å². The van der Waals surface area contributed by atoms with Crippen LogP contribution in [0.1, 0.15) is 11.3 Å². The Morgan fingerprint density at radius 1 is 1.16 bits per heavy atom. The van der Waals surface area contributed by atoms with E-state index in [0.29, 0.717) is 5.69 Å². The molecule has 3 rings (SSSR count). The summed E-state index contributed by atoms with van der Waals surface area (Å²) >= 11 is 0. The van der Waals surface area contributed by atoms with Crippen molar-refractivity contribution in [1.29, 1.82) is 0 Å². The molecule has 0 aliphatic heterocycles. The summed E-state index contributed by atoms with van der Waals surface area (Å²) in [6, 6.07) is 12.8. The number of hydrogen-bond donors (Lipinski definition) is 3. The number of carbonyl (C=O) groups is 3. The van der Waals surface area contributed by atoms with E-state index >= 15 is 0 Å². The Morgan fingerprint density at radius 2 is 1.94 bits per heavy atom. The van der Waals surface area contributed by atoms with Crippen molar-refractivity contribution in [2.45, 2.75) is 19.0 Å². The van der Waals surface area contributed by atoms with Crippen LogP contribution in [0.2, 0.25) is 0 Å². The van der Waals surface area contributed by atoms with Gasteiger partial charge in [-0.1, -0.05) is 36.4 Å². The summed E-state index contributed by atoms with van der Waals surface area (Å²) in [5.41, 5.74) is 1.55. The highest BCUT2D eigenvalue weighted by molar-refractivity contribution is 5.86. The Balaban J connectivity index is 1.68. The van der Waals surface area contributed by atoms with Crippen LogP contribution in [0.3, 0.4) is 0 Å². The Kier molecular flexibility index (Phi) is 7.34. The van der Waals surface area contributed by atoms with Gasteiger partial charge >= 0.3 is 11.9 Å². The highest BCUT2D eigenvalue weighted by Crippen LogP contribution is 2.17. The maximum Gasteiger partial charge on any atom is 0.328 e. The fourth-order valence-electron chi connectivity index (χ4n) is 3.35. The van der Waals surface area contributed by atoms with Gasteiger partial charge in [0.2, 0.25) is 5.91 Å². The molecule has 1 amide bonds. The van der Waals surface area contributed by atoms with Gasteiger partial charge < -0.3 is 20.1 Å². The second kappa shape index (κ2) is 10.4. The molecule has 1 heterocycles. The molecule has 0 saturated heterocycles. The lowest BCUT2D eigenvalue weighted by Gasteiger charge is -2.22. The molecule has 0 spiro atoms. The van der Waals surface area contributed by atoms with Crippen LogP contribution in [0.25, 0.3) is 10.8 Å². The van der Waals surface area contributed by atoms with E-state index in [1.165, 1.54) is 18.3 Å². The predicted molar refractivity (Wildman–Crippen MR) is 113 cm³/mol. The number of methoxy groups -OCH3 is 1. The van der Waals surface area contributed by atoms with Crippen LogP contribution in [-0.2, 0) is 32.1 Å². The number of carboxylic acid groups (broad SMARTS) is 1. The standard InChI is InChI=1S/C22H24N4O5/c1-31-22(30)19(9-18-10-23-14-24-18)25-20(27)12-26(13-21(28)29)11-15-6-7-16-4-2-3-5-17(16)8-15/h2-8,10,14,19H,9,11-13H2,1H3,(H,23,24)(H,25,27)(H,28,29)/t19-/m0/s1. The normalized spacial score (nSPS) is 11.9. The number of esters is 1. The lowest BCUT2D eigenvalue weighted by molar-refractivity contribution is -0.145. The first-order chi connectivity index (χ1) is 14.9. The van der Waals surface area contributed by atoms with E-state index in [1.54, 1.807) is 6.20 Å². The second-order valence-corrected chi connectivity index (χ2v) is 7.14. The number of carboxylic acids is 1. The first-order valence-electron chi connectivity index (χ1n) is 9.71. The second-order valence-electron chi connectivity index (χ2n) is 7.14. The fourth-order valence-corrected chi connectivity index (χ4v) is 3.35. The fraction of sp³-hybridized carbons (Fsp3) is 0.273. The maximum absolute atomic E-state index is 12.6. The van der Waals surface area contributed by atoms with Crippen molar-refractivity contribution in [2.24, 2.45) is 0 Å². The number of H-pyrrole nitrogens is 1. The highest BCUT2D eigenvalue weighted by atomic mass is 16.5. The number of nitrogens with one attached hydrogen (secondary N) is 2. The van der Waals surface area contributed by atoms with Gasteiger partial charge in [-0.15, -0.1) is 0 Å². The molecule has 9 nitrogen and oxygen atoms in total. The van der Waals surface area contributed by atoms with Crippen molar-refractivity contribution in [3.8, 4) is 0 Å². The van der Waals surface area contributed by atoms with Crippen molar-refractivity contribution in [2.75, 3.05) is 20.2 Å². The van der Waals surface area contributed by atoms with Crippen molar-refractivity contribution >= 4 is 28.6 Å². The molecule has 2 aromatic carbocycles. The van der Waals surface area contributed by atoms with Gasteiger partial charge in [0.25, 0.3) is 0 Å². The van der Waals surface area contributed by atoms with E-state index in [4.69, 9.17) is 4.74 Å². The number of hydrogen-bond acceptors (Lipinski definition) is 6. The summed E-state index contributed by atoms with van der Waals surface area (Å²) in [7, 11) is 1.24. The topological polar surface area (TPSA) is 125 Å². The van der Waals surface area contributed by atoms with E-state index in [1.807, 2.05) is 42.5 Å². The van der Waals surface area contributed by atoms with Crippen LogP contribution in [0.15, 0.2) is 55.0 Å². The SMILES string of the molecule is COC(=O)[C@H](Cc1cnc[nH]1)NC(=O)CN(CC(=O)O)Cc1ccc2ccccc2c1. The van der Waals surface area contributed by atoms with E-state index in [9.17, 15) is 19.5 Å². The molecule has 0 fully saturated rings. The quantitative estimate of drug-likeness (QED) is 0.420. The van der Waals surface area contributed by atoms with E-state index < -0.39 is 23.9 Å². The molecule has 0 aliphatic carbocycles. The number of aromatic nitrogens is 2. The highest BCUT2D eigenvalue weighted by Gasteiger charge is 2.24. The van der Waals surface area contributed by atoms with E-state index in [2.05, 4.69) is 15.3 Å². The molecule has 162 valence electrons. The third-order valence-electron chi connectivity index (χ3n) is 4.75. The number of ether oxygens (including phenoxy) is 1. The van der Waals surface area contributed by atoms with Crippen LogP contribution >= 0.6 is 0 Å². The Morgan fingerprint density at radius 3 is 2.61 bits per heavy atom. The predicted octanol–water partition coefficient (Wildman–Crippen LogP) is 1.35. The first kappa shape index (κ1) is 22.0. The smallest absolute Gasteiger partial charge is 0.328 e. The molecule has 31 heavy (non-hydrogen) atoms. The summed E-state index contributed by atoms with van der Waals surface area (Å²) in [6.45, 7) is -0.229. The number of imidazole rings is 1. The van der Waals surface area contributed by atoms with Gasteiger partial charge in [0.15, 0.2) is 0 Å². The molecule has 1 aromatic heterocycles. The van der Waals surface area contributed by atoms with Crippen LogP contribution < -0.4 is 5.32 Å². The molecular formula is C22H24N4O5. The summed E-state index contributed by atoms with van der Waals surface area (Å²) < 4.78 is 4.77. The number of fused-ring (bicyclic) bond motifs is 1. The van der Waals surface area contributed by atoms with Crippen LogP contribution in [-0.4, -0.2) is 64.1 Å². The van der Waals surface area contributed by atoms with Gasteiger partial charge in [0.05, 0.1) is 26.5 Å². The third-order valence-corrected chi connectivity index (χ3v) is 4.75. The van der Waals surface area contributed by atoms with Crippen LogP contribution in [0.5, 0.6) is 0 Å². The van der Waals surface area contributed by atoms with Gasteiger partial charge in [-0.3, -0.25) is 14.5 Å². The van der Waals surface area contributed by atoms with Crippen LogP contribution in [0, 0.1) is 0 Å². The van der Waals surface area contributed by atoms with E-state index in [-0.39, 0.29) is 26.1 Å². The summed E-state index contributed by atoms with van der Waals surface area (Å²) in [4.78, 5) is 44.3. The van der Waals surface area contributed by atoms with E-state index in [0.717, 1.165) is 16.3 Å². The van der Waals surface area contributed by atoms with Gasteiger partial charge in [-0.2, -0.15) is 0 Å². The molecular weight excluding hydrogens is 400 g/mol. The monoisotopic (exact) mass is 424 g/mol. The number of aromatic amines is 1. The zero-order valence-electron chi connectivity index (χ0n) is 17.1. The van der Waals surface area contributed by atoms with Gasteiger partial charge in [-0.25, -0.2) is 9.78 Å². The minimum Gasteiger partial charge on any atom is -0.480 e. The summed E-state index contributed by atoms with van der Waals surface area (Å²) in [5.74, 6) is -2.12. The third kappa shape index (κ3) is 6.38. The zero-order valence-corrected chi connectivity index (χ0v) is 17.1. The number of rotatable bonds is 10. The lowest BCUT2D eigenvalue weighted by atomic mass is 10.1. The number of aliphatic carboxylic acids is 1. The van der Waals surface area contributed by atoms with Gasteiger partial charge in [-0.05, 0) is 22.4 Å². The average Bonchev–Trinajstić information content (AvgIpc) is 3.25. The van der Waals surface area contributed by atoms with Crippen molar-refractivity contribution in [1.82, 2.24) is 20.2 Å². The molecule has 9 heteroatoms. The first-order valence-corrected chi connectivity index (χ1v) is 9.71. The molecule has 3 N–H and O–H groups in total. The Hall–Kier alpha value is -3.72. The number of nitrogens with zero attached hydrogens (tertiary/aromatic N) is 2. The number of carbonyl (C=O) groups excluding carboxylic acids is 2. The molecule has 1 atom stereocenters.